The van der Waals surface area contributed by atoms with Gasteiger partial charge >= 0.3 is 0 Å². The summed E-state index contributed by atoms with van der Waals surface area (Å²) in [6, 6.07) is 9.11. The lowest BCUT2D eigenvalue weighted by Crippen LogP contribution is -2.47. The zero-order valence-corrected chi connectivity index (χ0v) is 16.7. The minimum Gasteiger partial charge on any atom is -0.366 e. The maximum Gasteiger partial charge on any atom is 0.146 e. The van der Waals surface area contributed by atoms with Crippen molar-refractivity contribution in [3.63, 3.8) is 0 Å². The quantitative estimate of drug-likeness (QED) is 0.738. The van der Waals surface area contributed by atoms with Gasteiger partial charge in [-0.05, 0) is 31.9 Å². The van der Waals surface area contributed by atoms with Crippen LogP contribution in [0.2, 0.25) is 0 Å². The van der Waals surface area contributed by atoms with E-state index in [1.54, 1.807) is 6.07 Å². The fourth-order valence-corrected chi connectivity index (χ4v) is 3.63. The van der Waals surface area contributed by atoms with Gasteiger partial charge in [0.05, 0.1) is 5.69 Å². The normalized spacial score (nSPS) is 14.5. The number of rotatable bonds is 7. The number of piperazine rings is 1. The van der Waals surface area contributed by atoms with E-state index in [-0.39, 0.29) is 5.82 Å². The van der Waals surface area contributed by atoms with Crippen LogP contribution in [0, 0.1) is 12.7 Å². The van der Waals surface area contributed by atoms with Crippen LogP contribution < -0.4 is 14.7 Å². The average Bonchev–Trinajstić information content (AvgIpc) is 2.68. The lowest BCUT2D eigenvalue weighted by Gasteiger charge is -2.37. The Morgan fingerprint density at radius 3 is 2.22 bits per heavy atom. The molecule has 1 fully saturated rings. The third-order valence-corrected chi connectivity index (χ3v) is 4.92. The number of hydrogen-bond donors (Lipinski definition) is 0. The highest BCUT2D eigenvalue weighted by Gasteiger charge is 2.21. The smallest absolute Gasteiger partial charge is 0.146 e. The molecule has 2 aromatic rings. The van der Waals surface area contributed by atoms with Crippen LogP contribution in [0.25, 0.3) is 0 Å². The van der Waals surface area contributed by atoms with E-state index in [2.05, 4.69) is 44.6 Å². The molecule has 0 saturated carbocycles. The Morgan fingerprint density at radius 1 is 0.963 bits per heavy atom. The van der Waals surface area contributed by atoms with Crippen LogP contribution >= 0.6 is 0 Å². The number of aromatic nitrogens is 2. The topological polar surface area (TPSA) is 35.5 Å². The summed E-state index contributed by atoms with van der Waals surface area (Å²) in [5.74, 6) is 2.64. The monoisotopic (exact) mass is 371 g/mol. The Bertz CT molecular complexity index is 737. The fraction of sp³-hybridized carbons (Fsp3) is 0.524. The van der Waals surface area contributed by atoms with Gasteiger partial charge in [-0.3, -0.25) is 0 Å². The highest BCUT2D eigenvalue weighted by molar-refractivity contribution is 5.54. The van der Waals surface area contributed by atoms with Crippen molar-refractivity contribution in [2.24, 2.45) is 0 Å². The van der Waals surface area contributed by atoms with Crippen molar-refractivity contribution in [2.45, 2.75) is 33.6 Å². The first-order valence-electron chi connectivity index (χ1n) is 9.97. The molecule has 0 N–H and O–H groups in total. The molecule has 1 aromatic heterocycles. The van der Waals surface area contributed by atoms with Crippen LogP contribution in [-0.2, 0) is 0 Å². The number of halogens is 1. The fourth-order valence-electron chi connectivity index (χ4n) is 3.63. The molecule has 1 aromatic carbocycles. The maximum atomic E-state index is 14.1. The molecule has 27 heavy (non-hydrogen) atoms. The van der Waals surface area contributed by atoms with E-state index in [9.17, 15) is 4.39 Å². The number of benzene rings is 1. The third kappa shape index (κ3) is 4.67. The lowest BCUT2D eigenvalue weighted by molar-refractivity contribution is 0.595. The summed E-state index contributed by atoms with van der Waals surface area (Å²) in [5, 5.41) is 0. The van der Waals surface area contributed by atoms with Crippen molar-refractivity contribution >= 4 is 17.3 Å². The van der Waals surface area contributed by atoms with Gasteiger partial charge in [0.25, 0.3) is 0 Å². The van der Waals surface area contributed by atoms with Gasteiger partial charge in [0, 0.05) is 45.3 Å². The van der Waals surface area contributed by atoms with Crippen molar-refractivity contribution in [1.29, 1.82) is 0 Å². The van der Waals surface area contributed by atoms with Crippen LogP contribution in [-0.4, -0.2) is 49.2 Å². The zero-order valence-electron chi connectivity index (χ0n) is 16.7. The first-order valence-corrected chi connectivity index (χ1v) is 9.97. The Hall–Kier alpha value is -2.37. The highest BCUT2D eigenvalue weighted by atomic mass is 19.1. The molecule has 0 amide bonds. The van der Waals surface area contributed by atoms with Crippen LogP contribution in [0.15, 0.2) is 30.3 Å². The molecule has 146 valence electrons. The molecule has 0 aliphatic carbocycles. The molecule has 5 nitrogen and oxygen atoms in total. The van der Waals surface area contributed by atoms with Crippen molar-refractivity contribution in [3.05, 3.63) is 42.0 Å². The summed E-state index contributed by atoms with van der Waals surface area (Å²) in [6.45, 7) is 11.6. The Labute approximate surface area is 161 Å². The van der Waals surface area contributed by atoms with Crippen LogP contribution in [0.5, 0.6) is 0 Å². The number of nitrogens with zero attached hydrogens (tertiary/aromatic N) is 5. The van der Waals surface area contributed by atoms with E-state index in [0.29, 0.717) is 5.69 Å². The molecule has 2 heterocycles. The van der Waals surface area contributed by atoms with Gasteiger partial charge in [0.1, 0.15) is 23.3 Å². The second-order valence-corrected chi connectivity index (χ2v) is 7.04. The van der Waals surface area contributed by atoms with E-state index in [1.165, 1.54) is 6.07 Å². The molecule has 1 saturated heterocycles. The van der Waals surface area contributed by atoms with E-state index in [1.807, 2.05) is 19.1 Å². The Balaban J connectivity index is 1.73. The SMILES string of the molecule is CCCN(CCC)c1cc(N2CCN(c3ccccc3F)CC2)nc(C)n1. The molecule has 1 aliphatic heterocycles. The first-order chi connectivity index (χ1) is 13.1. The van der Waals surface area contributed by atoms with Gasteiger partial charge in [0.15, 0.2) is 0 Å². The van der Waals surface area contributed by atoms with Gasteiger partial charge in [-0.1, -0.05) is 26.0 Å². The Kier molecular flexibility index (Phi) is 6.48. The number of anilines is 3. The first kappa shape index (κ1) is 19.4. The Morgan fingerprint density at radius 2 is 1.59 bits per heavy atom. The number of aryl methyl sites for hydroxylation is 1. The summed E-state index contributed by atoms with van der Waals surface area (Å²) in [5.41, 5.74) is 0.689. The third-order valence-electron chi connectivity index (χ3n) is 4.92. The van der Waals surface area contributed by atoms with Crippen LogP contribution in [0.1, 0.15) is 32.5 Å². The molecule has 6 heteroatoms. The summed E-state index contributed by atoms with van der Waals surface area (Å²) in [7, 11) is 0. The van der Waals surface area contributed by atoms with Gasteiger partial charge in [-0.25, -0.2) is 14.4 Å². The predicted molar refractivity (Wildman–Crippen MR) is 110 cm³/mol. The molecule has 0 unspecified atom stereocenters. The summed E-state index contributed by atoms with van der Waals surface area (Å²) in [6.07, 6.45) is 2.19. The summed E-state index contributed by atoms with van der Waals surface area (Å²) < 4.78 is 14.1. The largest absolute Gasteiger partial charge is 0.366 e. The van der Waals surface area contributed by atoms with Crippen LogP contribution in [0.4, 0.5) is 21.7 Å². The van der Waals surface area contributed by atoms with Crippen molar-refractivity contribution in [2.75, 3.05) is 54.0 Å². The molecule has 0 bridgehead atoms. The van der Waals surface area contributed by atoms with Gasteiger partial charge < -0.3 is 14.7 Å². The molecule has 3 rings (SSSR count). The highest BCUT2D eigenvalue weighted by Crippen LogP contribution is 2.24. The van der Waals surface area contributed by atoms with E-state index in [0.717, 1.165) is 69.6 Å². The second-order valence-electron chi connectivity index (χ2n) is 7.04. The van der Waals surface area contributed by atoms with E-state index < -0.39 is 0 Å². The molecular weight excluding hydrogens is 341 g/mol. The summed E-state index contributed by atoms with van der Waals surface area (Å²) >= 11 is 0. The molecular formula is C21H30FN5. The van der Waals surface area contributed by atoms with Crippen LogP contribution in [0.3, 0.4) is 0 Å². The lowest BCUT2D eigenvalue weighted by atomic mass is 10.2. The average molecular weight is 372 g/mol. The zero-order chi connectivity index (χ0) is 19.2. The standard InChI is InChI=1S/C21H30FN5/c1-4-10-26(11-5-2)20-16-21(24-17(3)23-20)27-14-12-25(13-15-27)19-9-7-6-8-18(19)22/h6-9,16H,4-5,10-15H2,1-3H3. The molecule has 0 radical (unpaired) electrons. The second kappa shape index (κ2) is 9.02. The number of para-hydroxylation sites is 1. The van der Waals surface area contributed by atoms with E-state index in [4.69, 9.17) is 0 Å². The van der Waals surface area contributed by atoms with Gasteiger partial charge in [-0.15, -0.1) is 0 Å². The van der Waals surface area contributed by atoms with Crippen molar-refractivity contribution < 1.29 is 4.39 Å². The predicted octanol–water partition coefficient (Wildman–Crippen LogP) is 3.88. The van der Waals surface area contributed by atoms with Gasteiger partial charge in [0.2, 0.25) is 0 Å². The van der Waals surface area contributed by atoms with Gasteiger partial charge in [-0.2, -0.15) is 0 Å². The van der Waals surface area contributed by atoms with Crippen molar-refractivity contribution in [3.8, 4) is 0 Å². The van der Waals surface area contributed by atoms with Crippen molar-refractivity contribution in [1.82, 2.24) is 9.97 Å². The molecule has 1 aliphatic rings. The molecule has 0 atom stereocenters. The minimum atomic E-state index is -0.152. The maximum absolute atomic E-state index is 14.1. The number of hydrogen-bond acceptors (Lipinski definition) is 5. The molecule has 0 spiro atoms. The minimum absolute atomic E-state index is 0.152. The summed E-state index contributed by atoms with van der Waals surface area (Å²) in [4.78, 5) is 16.1. The van der Waals surface area contributed by atoms with E-state index >= 15 is 0 Å².